The SMILES string of the molecule is CNC(=O)c1cc(C)ccc1Nc1nc(Nc2ccc3c(c2)CCN(CCOC)CC3)ncc1Cl. The molecule has 0 radical (unpaired) electrons. The Morgan fingerprint density at radius 2 is 1.91 bits per heavy atom. The van der Waals surface area contributed by atoms with Gasteiger partial charge in [0.05, 0.1) is 24.1 Å². The smallest absolute Gasteiger partial charge is 0.253 e. The monoisotopic (exact) mass is 494 g/mol. The van der Waals surface area contributed by atoms with Gasteiger partial charge >= 0.3 is 0 Å². The third kappa shape index (κ3) is 6.28. The van der Waals surface area contributed by atoms with Crippen molar-refractivity contribution in [3.8, 4) is 0 Å². The van der Waals surface area contributed by atoms with Crippen LogP contribution in [-0.2, 0) is 17.6 Å². The van der Waals surface area contributed by atoms with Crippen LogP contribution in [0.2, 0.25) is 5.02 Å². The maximum absolute atomic E-state index is 12.3. The molecule has 1 aliphatic rings. The molecule has 0 atom stereocenters. The molecule has 1 aliphatic heterocycles. The molecule has 0 fully saturated rings. The van der Waals surface area contributed by atoms with Gasteiger partial charge in [-0.2, -0.15) is 4.98 Å². The molecule has 1 amide bonds. The van der Waals surface area contributed by atoms with Crippen LogP contribution < -0.4 is 16.0 Å². The summed E-state index contributed by atoms with van der Waals surface area (Å²) in [6, 6.07) is 12.0. The number of carbonyl (C=O) groups is 1. The number of hydrogen-bond acceptors (Lipinski definition) is 7. The molecule has 35 heavy (non-hydrogen) atoms. The number of carbonyl (C=O) groups excluding carboxylic acids is 1. The van der Waals surface area contributed by atoms with Crippen LogP contribution in [-0.4, -0.2) is 61.2 Å². The molecular formula is C26H31ClN6O2. The van der Waals surface area contributed by atoms with Crippen molar-refractivity contribution in [2.24, 2.45) is 0 Å². The zero-order valence-electron chi connectivity index (χ0n) is 20.3. The number of hydrogen-bond donors (Lipinski definition) is 3. The van der Waals surface area contributed by atoms with Crippen molar-refractivity contribution in [3.63, 3.8) is 0 Å². The molecule has 0 saturated heterocycles. The first kappa shape index (κ1) is 24.9. The number of methoxy groups -OCH3 is 1. The second-order valence-corrected chi connectivity index (χ2v) is 8.99. The Morgan fingerprint density at radius 1 is 1.11 bits per heavy atom. The van der Waals surface area contributed by atoms with Crippen LogP contribution in [0.4, 0.5) is 23.1 Å². The predicted molar refractivity (Wildman–Crippen MR) is 140 cm³/mol. The fraction of sp³-hybridized carbons (Fsp3) is 0.346. The number of nitrogens with zero attached hydrogens (tertiary/aromatic N) is 3. The van der Waals surface area contributed by atoms with E-state index in [0.717, 1.165) is 50.3 Å². The standard InChI is InChI=1S/C26H31ClN6O2/c1-17-4-7-23(21(14-17)25(34)28-2)31-24-22(27)16-29-26(32-24)30-20-6-5-18-8-10-33(12-13-35-3)11-9-19(18)15-20/h4-7,14-16H,8-13H2,1-3H3,(H,28,34)(H2,29,30,31,32). The lowest BCUT2D eigenvalue weighted by Gasteiger charge is -2.18. The molecule has 3 aromatic rings. The van der Waals surface area contributed by atoms with Crippen LogP contribution in [0.5, 0.6) is 0 Å². The molecule has 2 aromatic carbocycles. The van der Waals surface area contributed by atoms with E-state index in [1.807, 2.05) is 25.1 Å². The Morgan fingerprint density at radius 3 is 2.69 bits per heavy atom. The van der Waals surface area contributed by atoms with E-state index in [2.05, 4.69) is 49.0 Å². The first-order chi connectivity index (χ1) is 17.0. The van der Waals surface area contributed by atoms with Gasteiger partial charge in [-0.05, 0) is 55.2 Å². The van der Waals surface area contributed by atoms with Crippen molar-refractivity contribution in [2.45, 2.75) is 19.8 Å². The van der Waals surface area contributed by atoms with Gasteiger partial charge in [0.25, 0.3) is 5.91 Å². The largest absolute Gasteiger partial charge is 0.383 e. The first-order valence-corrected chi connectivity index (χ1v) is 12.1. The fourth-order valence-electron chi connectivity index (χ4n) is 4.15. The molecule has 0 bridgehead atoms. The summed E-state index contributed by atoms with van der Waals surface area (Å²) in [7, 11) is 3.34. The lowest BCUT2D eigenvalue weighted by atomic mass is 10.0. The zero-order chi connectivity index (χ0) is 24.8. The average molecular weight is 495 g/mol. The quantitative estimate of drug-likeness (QED) is 0.429. The molecule has 2 heterocycles. The highest BCUT2D eigenvalue weighted by Crippen LogP contribution is 2.28. The Kier molecular flexibility index (Phi) is 8.17. The summed E-state index contributed by atoms with van der Waals surface area (Å²) in [5, 5.41) is 9.51. The molecule has 4 rings (SSSR count). The molecule has 3 N–H and O–H groups in total. The topological polar surface area (TPSA) is 91.4 Å². The average Bonchev–Trinajstić information content (AvgIpc) is 3.07. The van der Waals surface area contributed by atoms with Crippen molar-refractivity contribution in [3.05, 3.63) is 69.9 Å². The molecule has 8 nitrogen and oxygen atoms in total. The zero-order valence-corrected chi connectivity index (χ0v) is 21.1. The van der Waals surface area contributed by atoms with E-state index in [1.165, 1.54) is 11.1 Å². The number of amides is 1. The lowest BCUT2D eigenvalue weighted by Crippen LogP contribution is -2.29. The summed E-state index contributed by atoms with van der Waals surface area (Å²) in [5.41, 5.74) is 5.73. The number of halogens is 1. The number of nitrogens with one attached hydrogen (secondary N) is 3. The van der Waals surface area contributed by atoms with Crippen LogP contribution in [0, 0.1) is 6.92 Å². The molecule has 0 aliphatic carbocycles. The lowest BCUT2D eigenvalue weighted by molar-refractivity contribution is 0.0964. The minimum absolute atomic E-state index is 0.189. The highest BCUT2D eigenvalue weighted by Gasteiger charge is 2.16. The molecule has 9 heteroatoms. The van der Waals surface area contributed by atoms with Crippen LogP contribution in [0.1, 0.15) is 27.0 Å². The predicted octanol–water partition coefficient (Wildman–Crippen LogP) is 4.33. The van der Waals surface area contributed by atoms with Crippen LogP contribution in [0.15, 0.2) is 42.6 Å². The third-order valence-corrected chi connectivity index (χ3v) is 6.39. The van der Waals surface area contributed by atoms with Gasteiger partial charge in [0.1, 0.15) is 5.02 Å². The second-order valence-electron chi connectivity index (χ2n) is 8.59. The number of rotatable bonds is 8. The Hall–Kier alpha value is -3.20. The summed E-state index contributed by atoms with van der Waals surface area (Å²) in [6.45, 7) is 5.69. The number of aryl methyl sites for hydroxylation is 1. The van der Waals surface area contributed by atoms with Crippen molar-refractivity contribution >= 4 is 40.6 Å². The fourth-order valence-corrected chi connectivity index (χ4v) is 4.29. The first-order valence-electron chi connectivity index (χ1n) is 11.7. The van der Waals surface area contributed by atoms with Gasteiger partial charge < -0.3 is 25.6 Å². The van der Waals surface area contributed by atoms with E-state index >= 15 is 0 Å². The highest BCUT2D eigenvalue weighted by atomic mass is 35.5. The van der Waals surface area contributed by atoms with Crippen molar-refractivity contribution < 1.29 is 9.53 Å². The molecule has 0 saturated carbocycles. The number of benzene rings is 2. The van der Waals surface area contributed by atoms with E-state index in [-0.39, 0.29) is 5.91 Å². The van der Waals surface area contributed by atoms with Crippen molar-refractivity contribution in [2.75, 3.05) is 51.0 Å². The molecule has 0 unspecified atom stereocenters. The second kappa shape index (κ2) is 11.5. The normalized spacial score (nSPS) is 13.6. The van der Waals surface area contributed by atoms with Gasteiger partial charge in [-0.25, -0.2) is 4.98 Å². The van der Waals surface area contributed by atoms with Crippen molar-refractivity contribution in [1.82, 2.24) is 20.2 Å². The molecule has 1 aromatic heterocycles. The molecular weight excluding hydrogens is 464 g/mol. The van der Waals surface area contributed by atoms with Crippen LogP contribution in [0.3, 0.4) is 0 Å². The van der Waals surface area contributed by atoms with Crippen molar-refractivity contribution in [1.29, 1.82) is 0 Å². The van der Waals surface area contributed by atoms with E-state index < -0.39 is 0 Å². The van der Waals surface area contributed by atoms with E-state index in [9.17, 15) is 4.79 Å². The number of aromatic nitrogens is 2. The summed E-state index contributed by atoms with van der Waals surface area (Å²) in [4.78, 5) is 23.7. The van der Waals surface area contributed by atoms with E-state index in [4.69, 9.17) is 16.3 Å². The minimum Gasteiger partial charge on any atom is -0.383 e. The summed E-state index contributed by atoms with van der Waals surface area (Å²) >= 11 is 6.38. The maximum Gasteiger partial charge on any atom is 0.253 e. The minimum atomic E-state index is -0.189. The maximum atomic E-state index is 12.3. The number of fused-ring (bicyclic) bond motifs is 1. The van der Waals surface area contributed by atoms with Gasteiger partial charge in [0.2, 0.25) is 5.95 Å². The number of ether oxygens (including phenoxy) is 1. The Labute approximate surface area is 211 Å². The Balaban J connectivity index is 1.51. The third-order valence-electron chi connectivity index (χ3n) is 6.11. The molecule has 184 valence electrons. The Bertz CT molecular complexity index is 1200. The van der Waals surface area contributed by atoms with Gasteiger partial charge in [0.15, 0.2) is 5.82 Å². The number of anilines is 4. The van der Waals surface area contributed by atoms with E-state index in [1.54, 1.807) is 20.4 Å². The van der Waals surface area contributed by atoms with Crippen LogP contribution in [0.25, 0.3) is 0 Å². The van der Waals surface area contributed by atoms with Gasteiger partial charge in [-0.15, -0.1) is 0 Å². The van der Waals surface area contributed by atoms with Gasteiger partial charge in [0, 0.05) is 39.5 Å². The summed E-state index contributed by atoms with van der Waals surface area (Å²) < 4.78 is 5.23. The van der Waals surface area contributed by atoms with Crippen LogP contribution >= 0.6 is 11.6 Å². The summed E-state index contributed by atoms with van der Waals surface area (Å²) in [5.74, 6) is 0.646. The highest BCUT2D eigenvalue weighted by molar-refractivity contribution is 6.33. The van der Waals surface area contributed by atoms with Gasteiger partial charge in [-0.3, -0.25) is 4.79 Å². The van der Waals surface area contributed by atoms with E-state index in [0.29, 0.717) is 28.0 Å². The van der Waals surface area contributed by atoms with Gasteiger partial charge in [-0.1, -0.05) is 29.3 Å². The summed E-state index contributed by atoms with van der Waals surface area (Å²) in [6.07, 6.45) is 3.55. The molecule has 0 spiro atoms.